The molecule has 170 valence electrons. The molecule has 1 unspecified atom stereocenters. The normalized spacial score (nSPS) is 11.8. The lowest BCUT2D eigenvalue weighted by molar-refractivity contribution is -0.121. The molecule has 0 aliphatic carbocycles. The summed E-state index contributed by atoms with van der Waals surface area (Å²) in [6.45, 7) is 0.546. The summed E-state index contributed by atoms with van der Waals surface area (Å²) >= 11 is 0. The number of ether oxygens (including phenoxy) is 2. The van der Waals surface area contributed by atoms with Gasteiger partial charge in [0.05, 0.1) is 14.2 Å². The van der Waals surface area contributed by atoms with Crippen molar-refractivity contribution in [3.63, 3.8) is 0 Å². The molecular weight excluding hydrogens is 414 g/mol. The van der Waals surface area contributed by atoms with Crippen LogP contribution in [0.25, 0.3) is 10.9 Å². The Kier molecular flexibility index (Phi) is 6.93. The van der Waals surface area contributed by atoms with E-state index in [0.29, 0.717) is 30.9 Å². The number of carbonyl (C=O) groups is 1. The second kappa shape index (κ2) is 10.2. The van der Waals surface area contributed by atoms with Crippen LogP contribution in [-0.4, -0.2) is 36.2 Å². The van der Waals surface area contributed by atoms with Gasteiger partial charge in [-0.15, -0.1) is 0 Å². The van der Waals surface area contributed by atoms with Gasteiger partial charge in [0.1, 0.15) is 0 Å². The van der Waals surface area contributed by atoms with Crippen molar-refractivity contribution < 1.29 is 14.3 Å². The molecule has 0 aliphatic heterocycles. The van der Waals surface area contributed by atoms with E-state index in [0.717, 1.165) is 27.7 Å². The Morgan fingerprint density at radius 3 is 2.58 bits per heavy atom. The first-order valence-electron chi connectivity index (χ1n) is 11.0. The molecule has 2 heterocycles. The number of methoxy groups -OCH3 is 2. The lowest BCUT2D eigenvalue weighted by Crippen LogP contribution is -2.27. The lowest BCUT2D eigenvalue weighted by Gasteiger charge is -2.19. The number of carbonyl (C=O) groups excluding carboxylic acids is 1. The second-order valence-corrected chi connectivity index (χ2v) is 8.00. The predicted molar refractivity (Wildman–Crippen MR) is 130 cm³/mol. The van der Waals surface area contributed by atoms with Crippen LogP contribution in [-0.2, 0) is 18.3 Å². The van der Waals surface area contributed by atoms with Gasteiger partial charge in [-0.2, -0.15) is 0 Å². The number of pyridine rings is 1. The summed E-state index contributed by atoms with van der Waals surface area (Å²) in [4.78, 5) is 17.3. The third kappa shape index (κ3) is 5.00. The molecule has 4 aromatic rings. The fourth-order valence-corrected chi connectivity index (χ4v) is 4.26. The molecular formula is C27H29N3O3. The number of nitrogens with one attached hydrogen (secondary N) is 1. The summed E-state index contributed by atoms with van der Waals surface area (Å²) in [7, 11) is 5.28. The summed E-state index contributed by atoms with van der Waals surface area (Å²) < 4.78 is 13.1. The molecule has 0 aliphatic rings. The third-order valence-corrected chi connectivity index (χ3v) is 5.93. The van der Waals surface area contributed by atoms with Crippen LogP contribution in [0.2, 0.25) is 0 Å². The molecule has 2 aromatic heterocycles. The number of para-hydroxylation sites is 1. The first-order chi connectivity index (χ1) is 16.1. The molecule has 6 nitrogen and oxygen atoms in total. The highest BCUT2D eigenvalue weighted by molar-refractivity contribution is 5.86. The van der Waals surface area contributed by atoms with Gasteiger partial charge in [0.25, 0.3) is 0 Å². The van der Waals surface area contributed by atoms with Gasteiger partial charge in [-0.3, -0.25) is 9.78 Å². The van der Waals surface area contributed by atoms with Crippen molar-refractivity contribution in [2.45, 2.75) is 18.8 Å². The van der Waals surface area contributed by atoms with Crippen LogP contribution in [0.15, 0.2) is 73.1 Å². The Hall–Kier alpha value is -3.80. The van der Waals surface area contributed by atoms with E-state index >= 15 is 0 Å². The number of nitrogens with zero attached hydrogens (tertiary/aromatic N) is 2. The summed E-state index contributed by atoms with van der Waals surface area (Å²) in [5.74, 6) is 1.18. The lowest BCUT2D eigenvalue weighted by atomic mass is 9.87. The highest BCUT2D eigenvalue weighted by Crippen LogP contribution is 2.38. The van der Waals surface area contributed by atoms with Crippen molar-refractivity contribution in [3.05, 3.63) is 89.9 Å². The molecule has 0 radical (unpaired) electrons. The molecule has 0 spiro atoms. The molecule has 0 saturated heterocycles. The van der Waals surface area contributed by atoms with Gasteiger partial charge >= 0.3 is 0 Å². The Labute approximate surface area is 194 Å². The van der Waals surface area contributed by atoms with Gasteiger partial charge in [0, 0.05) is 61.3 Å². The van der Waals surface area contributed by atoms with Crippen molar-refractivity contribution in [1.29, 1.82) is 0 Å². The number of benzene rings is 2. The van der Waals surface area contributed by atoms with Crippen LogP contribution in [0.1, 0.15) is 29.2 Å². The number of aromatic nitrogens is 2. The SMILES string of the molecule is COc1ccc(C(CC(=O)NCCc2ccccn2)c2cn(C)c3ccccc23)cc1OC. The number of fused-ring (bicyclic) bond motifs is 1. The average molecular weight is 444 g/mol. The molecule has 4 rings (SSSR count). The maximum atomic E-state index is 13.0. The monoisotopic (exact) mass is 443 g/mol. The first-order valence-corrected chi connectivity index (χ1v) is 11.0. The summed E-state index contributed by atoms with van der Waals surface area (Å²) in [6, 6.07) is 19.9. The van der Waals surface area contributed by atoms with Gasteiger partial charge in [-0.25, -0.2) is 0 Å². The molecule has 0 bridgehead atoms. The van der Waals surface area contributed by atoms with Crippen molar-refractivity contribution in [2.75, 3.05) is 20.8 Å². The van der Waals surface area contributed by atoms with Crippen LogP contribution >= 0.6 is 0 Å². The smallest absolute Gasteiger partial charge is 0.220 e. The number of aryl methyl sites for hydroxylation is 1. The van der Waals surface area contributed by atoms with E-state index in [-0.39, 0.29) is 11.8 Å². The van der Waals surface area contributed by atoms with Crippen molar-refractivity contribution in [1.82, 2.24) is 14.9 Å². The molecule has 1 N–H and O–H groups in total. The minimum atomic E-state index is -0.134. The van der Waals surface area contributed by atoms with Gasteiger partial charge in [-0.05, 0) is 41.5 Å². The summed E-state index contributed by atoms with van der Waals surface area (Å²) in [5.41, 5.74) is 4.21. The van der Waals surface area contributed by atoms with E-state index in [1.807, 2.05) is 55.6 Å². The molecule has 1 amide bonds. The summed E-state index contributed by atoms with van der Waals surface area (Å²) in [6.07, 6.45) is 4.91. The van der Waals surface area contributed by atoms with Crippen LogP contribution in [0, 0.1) is 0 Å². The van der Waals surface area contributed by atoms with Crippen LogP contribution < -0.4 is 14.8 Å². The van der Waals surface area contributed by atoms with E-state index < -0.39 is 0 Å². The quantitative estimate of drug-likeness (QED) is 0.415. The number of amides is 1. The molecule has 1 atom stereocenters. The van der Waals surface area contributed by atoms with Crippen LogP contribution in [0.3, 0.4) is 0 Å². The Balaban J connectivity index is 1.62. The van der Waals surface area contributed by atoms with Crippen molar-refractivity contribution in [3.8, 4) is 11.5 Å². The Bertz CT molecular complexity index is 1230. The first kappa shape index (κ1) is 22.4. The van der Waals surface area contributed by atoms with Crippen molar-refractivity contribution >= 4 is 16.8 Å². The fraction of sp³-hybridized carbons (Fsp3) is 0.259. The van der Waals surface area contributed by atoms with E-state index in [9.17, 15) is 4.79 Å². The minimum Gasteiger partial charge on any atom is -0.493 e. The zero-order valence-electron chi connectivity index (χ0n) is 19.2. The largest absolute Gasteiger partial charge is 0.493 e. The van der Waals surface area contributed by atoms with Crippen LogP contribution in [0.5, 0.6) is 11.5 Å². The van der Waals surface area contributed by atoms with E-state index in [1.54, 1.807) is 20.4 Å². The second-order valence-electron chi connectivity index (χ2n) is 8.00. The maximum absolute atomic E-state index is 13.0. The van der Waals surface area contributed by atoms with E-state index in [1.165, 1.54) is 0 Å². The number of hydrogen-bond donors (Lipinski definition) is 1. The number of rotatable bonds is 9. The average Bonchev–Trinajstić information content (AvgIpc) is 3.19. The van der Waals surface area contributed by atoms with Crippen molar-refractivity contribution in [2.24, 2.45) is 7.05 Å². The van der Waals surface area contributed by atoms with Gasteiger partial charge < -0.3 is 19.4 Å². The Morgan fingerprint density at radius 1 is 1.03 bits per heavy atom. The number of hydrogen-bond acceptors (Lipinski definition) is 4. The summed E-state index contributed by atoms with van der Waals surface area (Å²) in [5, 5.41) is 4.21. The highest BCUT2D eigenvalue weighted by Gasteiger charge is 2.23. The predicted octanol–water partition coefficient (Wildman–Crippen LogP) is 4.47. The molecule has 33 heavy (non-hydrogen) atoms. The molecule has 6 heteroatoms. The van der Waals surface area contributed by atoms with Gasteiger partial charge in [-0.1, -0.05) is 30.3 Å². The van der Waals surface area contributed by atoms with Crippen LogP contribution in [0.4, 0.5) is 0 Å². The zero-order valence-corrected chi connectivity index (χ0v) is 19.2. The van der Waals surface area contributed by atoms with Gasteiger partial charge in [0.15, 0.2) is 11.5 Å². The van der Waals surface area contributed by atoms with Gasteiger partial charge in [0.2, 0.25) is 5.91 Å². The molecule has 0 saturated carbocycles. The maximum Gasteiger partial charge on any atom is 0.220 e. The molecule has 0 fully saturated rings. The van der Waals surface area contributed by atoms with E-state index in [4.69, 9.17) is 9.47 Å². The van der Waals surface area contributed by atoms with E-state index in [2.05, 4.69) is 33.2 Å². The standard InChI is InChI=1S/C27H29N3O3/c1-30-18-23(21-9-4-5-10-24(21)30)22(19-11-12-25(32-2)26(16-19)33-3)17-27(31)29-15-13-20-8-6-7-14-28-20/h4-12,14,16,18,22H,13,15,17H2,1-3H3,(H,29,31). The molecule has 2 aromatic carbocycles. The highest BCUT2D eigenvalue weighted by atomic mass is 16.5. The Morgan fingerprint density at radius 2 is 1.82 bits per heavy atom. The minimum absolute atomic E-state index is 0.00125. The fourth-order valence-electron chi connectivity index (χ4n) is 4.26. The third-order valence-electron chi connectivity index (χ3n) is 5.93. The topological polar surface area (TPSA) is 65.4 Å². The zero-order chi connectivity index (χ0) is 23.2.